The van der Waals surface area contributed by atoms with Crippen molar-refractivity contribution in [3.63, 3.8) is 0 Å². The highest BCUT2D eigenvalue weighted by molar-refractivity contribution is 6.67. The van der Waals surface area contributed by atoms with Crippen molar-refractivity contribution in [3.8, 4) is 0 Å². The zero-order chi connectivity index (χ0) is 9.78. The monoisotopic (exact) mass is 230 g/mol. The molecule has 0 aromatic carbocycles. The van der Waals surface area contributed by atoms with Crippen LogP contribution in [0.1, 0.15) is 13.8 Å². The van der Waals surface area contributed by atoms with Crippen molar-refractivity contribution < 1.29 is 9.53 Å². The fourth-order valence-electron chi connectivity index (χ4n) is 0.379. The molecule has 0 saturated heterocycles. The van der Waals surface area contributed by atoms with Crippen LogP contribution in [-0.4, -0.2) is 16.4 Å². The summed E-state index contributed by atoms with van der Waals surface area (Å²) < 4.78 is 3.12. The average Bonchev–Trinajstić information content (AvgIpc) is 1.97. The Labute approximate surface area is 86.4 Å². The number of hydrogen-bond acceptors (Lipinski definition) is 2. The first-order chi connectivity index (χ1) is 5.37. The van der Waals surface area contributed by atoms with Crippen LogP contribution in [0.2, 0.25) is 0 Å². The Balaban J connectivity index is 3.89. The van der Waals surface area contributed by atoms with Gasteiger partial charge in [-0.3, -0.25) is 0 Å². The maximum absolute atomic E-state index is 11.0. The molecule has 0 fully saturated rings. The first-order valence-corrected chi connectivity index (χ1v) is 4.37. The lowest BCUT2D eigenvalue weighted by Gasteiger charge is -2.10. The quantitative estimate of drug-likeness (QED) is 0.415. The molecular weight excluding hydrogens is 222 g/mol. The number of esters is 1. The maximum atomic E-state index is 11.0. The fourth-order valence-corrected chi connectivity index (χ4v) is 0.543. The summed E-state index contributed by atoms with van der Waals surface area (Å²) in [5.74, 6) is -0.469. The van der Waals surface area contributed by atoms with Gasteiger partial charge in [0.1, 0.15) is 6.61 Å². The van der Waals surface area contributed by atoms with Gasteiger partial charge in [0.15, 0.2) is 0 Å². The van der Waals surface area contributed by atoms with Crippen LogP contribution < -0.4 is 0 Å². The molecule has 0 heterocycles. The molecule has 0 amide bonds. The molecule has 0 aliphatic heterocycles. The molecule has 0 saturated carbocycles. The van der Waals surface area contributed by atoms with Crippen molar-refractivity contribution in [2.75, 3.05) is 6.61 Å². The predicted octanol–water partition coefficient (Wildman–Crippen LogP) is 2.87. The van der Waals surface area contributed by atoms with Crippen LogP contribution in [0.3, 0.4) is 0 Å². The Morgan fingerprint density at radius 1 is 1.50 bits per heavy atom. The number of ether oxygens (including phenoxy) is 1. The van der Waals surface area contributed by atoms with E-state index in [1.807, 2.05) is 0 Å². The van der Waals surface area contributed by atoms with E-state index in [9.17, 15) is 4.79 Å². The molecule has 0 aliphatic carbocycles. The van der Waals surface area contributed by atoms with Gasteiger partial charge in [0.2, 0.25) is 3.79 Å². The summed E-state index contributed by atoms with van der Waals surface area (Å²) in [5, 5.41) is 0. The average molecular weight is 232 g/mol. The molecule has 0 spiro atoms. The number of rotatable bonds is 2. The third kappa shape index (κ3) is 5.70. The van der Waals surface area contributed by atoms with Gasteiger partial charge < -0.3 is 4.74 Å². The normalized spacial score (nSPS) is 12.9. The zero-order valence-electron chi connectivity index (χ0n) is 6.73. The van der Waals surface area contributed by atoms with Gasteiger partial charge >= 0.3 is 5.97 Å². The molecule has 0 unspecified atom stereocenters. The molecule has 0 rings (SSSR count). The van der Waals surface area contributed by atoms with Gasteiger partial charge in [-0.1, -0.05) is 40.9 Å². The second kappa shape index (κ2) is 4.95. The molecule has 0 atom stereocenters. The number of allylic oxidation sites excluding steroid dienone is 1. The lowest BCUT2D eigenvalue weighted by Crippen LogP contribution is -2.17. The number of carbonyl (C=O) groups is 1. The van der Waals surface area contributed by atoms with E-state index in [0.717, 1.165) is 0 Å². The number of halogens is 3. The molecule has 0 N–H and O–H groups in total. The number of alkyl halides is 3. The summed E-state index contributed by atoms with van der Waals surface area (Å²) in [7, 11) is 0. The van der Waals surface area contributed by atoms with Crippen molar-refractivity contribution in [3.05, 3.63) is 11.6 Å². The fraction of sp³-hybridized carbons (Fsp3) is 0.571. The topological polar surface area (TPSA) is 26.3 Å². The highest BCUT2D eigenvalue weighted by Gasteiger charge is 2.22. The van der Waals surface area contributed by atoms with Crippen molar-refractivity contribution in [1.82, 2.24) is 0 Å². The molecular formula is C7H9Cl3O2. The molecule has 70 valence electrons. The summed E-state index contributed by atoms with van der Waals surface area (Å²) in [4.78, 5) is 11.0. The second-order valence-corrected chi connectivity index (χ2v) is 4.68. The first kappa shape index (κ1) is 12.1. The summed E-state index contributed by atoms with van der Waals surface area (Å²) in [5.41, 5.74) is 0.490. The van der Waals surface area contributed by atoms with Crippen molar-refractivity contribution >= 4 is 40.8 Å². The van der Waals surface area contributed by atoms with Crippen LogP contribution >= 0.6 is 34.8 Å². The van der Waals surface area contributed by atoms with Crippen molar-refractivity contribution in [2.45, 2.75) is 17.6 Å². The van der Waals surface area contributed by atoms with Gasteiger partial charge in [-0.15, -0.1) is 0 Å². The summed E-state index contributed by atoms with van der Waals surface area (Å²) in [6.07, 6.45) is 1.63. The molecule has 12 heavy (non-hydrogen) atoms. The minimum Gasteiger partial charge on any atom is -0.458 e. The van der Waals surface area contributed by atoms with Gasteiger partial charge in [-0.25, -0.2) is 4.79 Å². The molecule has 0 bridgehead atoms. The predicted molar refractivity (Wildman–Crippen MR) is 50.7 cm³/mol. The van der Waals surface area contributed by atoms with E-state index >= 15 is 0 Å². The third-order valence-electron chi connectivity index (χ3n) is 1.12. The SMILES string of the molecule is C/C=C(\C)C(=O)OCC(Cl)(Cl)Cl. The molecule has 5 heteroatoms. The summed E-state index contributed by atoms with van der Waals surface area (Å²) in [6, 6.07) is 0. The minimum absolute atomic E-state index is 0.234. The highest BCUT2D eigenvalue weighted by Crippen LogP contribution is 2.26. The molecule has 0 aromatic heterocycles. The highest BCUT2D eigenvalue weighted by atomic mass is 35.6. The molecule has 0 radical (unpaired) electrons. The second-order valence-electron chi connectivity index (χ2n) is 2.16. The third-order valence-corrected chi connectivity index (χ3v) is 1.45. The van der Waals surface area contributed by atoms with E-state index in [1.165, 1.54) is 0 Å². The lowest BCUT2D eigenvalue weighted by molar-refractivity contribution is -0.138. The Kier molecular flexibility index (Phi) is 4.98. The summed E-state index contributed by atoms with van der Waals surface area (Å²) >= 11 is 16.1. The largest absolute Gasteiger partial charge is 0.458 e. The van der Waals surface area contributed by atoms with Crippen molar-refractivity contribution in [1.29, 1.82) is 0 Å². The molecule has 0 aromatic rings. The van der Waals surface area contributed by atoms with E-state index in [4.69, 9.17) is 34.8 Å². The standard InChI is InChI=1S/C7H9Cl3O2/c1-3-5(2)6(11)12-4-7(8,9)10/h3H,4H2,1-2H3/b5-3+. The van der Waals surface area contributed by atoms with Gasteiger partial charge in [0, 0.05) is 5.57 Å². The van der Waals surface area contributed by atoms with Crippen molar-refractivity contribution in [2.24, 2.45) is 0 Å². The Hall–Kier alpha value is 0.0800. The van der Waals surface area contributed by atoms with E-state index in [-0.39, 0.29) is 6.61 Å². The smallest absolute Gasteiger partial charge is 0.333 e. The Morgan fingerprint density at radius 2 is 2.00 bits per heavy atom. The summed E-state index contributed by atoms with van der Waals surface area (Å²) in [6.45, 7) is 3.12. The molecule has 2 nitrogen and oxygen atoms in total. The lowest BCUT2D eigenvalue weighted by atomic mass is 10.3. The van der Waals surface area contributed by atoms with E-state index < -0.39 is 9.76 Å². The Bertz CT molecular complexity index is 193. The first-order valence-electron chi connectivity index (χ1n) is 3.23. The van der Waals surface area contributed by atoms with Gasteiger partial charge in [-0.2, -0.15) is 0 Å². The van der Waals surface area contributed by atoms with Crippen LogP contribution in [0.4, 0.5) is 0 Å². The van der Waals surface area contributed by atoms with Crippen LogP contribution in [-0.2, 0) is 9.53 Å². The molecule has 0 aliphatic rings. The maximum Gasteiger partial charge on any atom is 0.333 e. The number of hydrogen-bond donors (Lipinski definition) is 0. The van der Waals surface area contributed by atoms with E-state index in [2.05, 4.69) is 4.74 Å². The van der Waals surface area contributed by atoms with Gasteiger partial charge in [-0.05, 0) is 13.8 Å². The van der Waals surface area contributed by atoms with Crippen LogP contribution in [0.15, 0.2) is 11.6 Å². The minimum atomic E-state index is -1.54. The van der Waals surface area contributed by atoms with Gasteiger partial charge in [0.25, 0.3) is 0 Å². The van der Waals surface area contributed by atoms with Crippen LogP contribution in [0.25, 0.3) is 0 Å². The Morgan fingerprint density at radius 3 is 2.33 bits per heavy atom. The van der Waals surface area contributed by atoms with Gasteiger partial charge in [0.05, 0.1) is 0 Å². The van der Waals surface area contributed by atoms with E-state index in [0.29, 0.717) is 5.57 Å². The zero-order valence-corrected chi connectivity index (χ0v) is 9.00. The number of carbonyl (C=O) groups excluding carboxylic acids is 1. The van der Waals surface area contributed by atoms with Crippen LogP contribution in [0.5, 0.6) is 0 Å². The van der Waals surface area contributed by atoms with E-state index in [1.54, 1.807) is 19.9 Å². The van der Waals surface area contributed by atoms with Crippen LogP contribution in [0, 0.1) is 0 Å².